The molecule has 4 rings (SSSR count). The number of anilines is 1. The molecule has 1 amide bonds. The first-order valence-electron chi connectivity index (χ1n) is 12.3. The first-order chi connectivity index (χ1) is 19.1. The first kappa shape index (κ1) is 28.3. The summed E-state index contributed by atoms with van der Waals surface area (Å²) in [6, 6.07) is 14.6. The third-order valence-electron chi connectivity index (χ3n) is 6.02. The molecule has 1 unspecified atom stereocenters. The molecule has 8 nitrogen and oxygen atoms in total. The van der Waals surface area contributed by atoms with Crippen LogP contribution in [0.2, 0.25) is 0 Å². The number of Topliss-reactive ketones (excluding diaryl/α,β-unsaturated/α-hetero) is 1. The number of aliphatic hydroxyl groups excluding tert-OH is 1. The highest BCUT2D eigenvalue weighted by molar-refractivity contribution is 6.51. The highest BCUT2D eigenvalue weighted by Gasteiger charge is 2.47. The number of ether oxygens (including phenoxy) is 4. The van der Waals surface area contributed by atoms with Crippen LogP contribution < -0.4 is 23.8 Å². The highest BCUT2D eigenvalue weighted by atomic mass is 19.4. The predicted octanol–water partition coefficient (Wildman–Crippen LogP) is 6.02. The minimum absolute atomic E-state index is 0.111. The summed E-state index contributed by atoms with van der Waals surface area (Å²) in [6.45, 7) is 4.20. The smallest absolute Gasteiger partial charge is 0.507 e. The van der Waals surface area contributed by atoms with Gasteiger partial charge in [0.15, 0.2) is 0 Å². The Hall–Kier alpha value is -4.67. The summed E-state index contributed by atoms with van der Waals surface area (Å²) >= 11 is 0. The van der Waals surface area contributed by atoms with Crippen LogP contribution in [0.25, 0.3) is 5.76 Å². The number of carbonyl (C=O) groups excluding carboxylic acids is 2. The third-order valence-corrected chi connectivity index (χ3v) is 6.02. The second kappa shape index (κ2) is 11.6. The van der Waals surface area contributed by atoms with Crippen LogP contribution in [0.3, 0.4) is 0 Å². The van der Waals surface area contributed by atoms with Gasteiger partial charge in [-0.1, -0.05) is 12.1 Å². The summed E-state index contributed by atoms with van der Waals surface area (Å²) in [4.78, 5) is 28.0. The molecule has 0 spiro atoms. The van der Waals surface area contributed by atoms with Crippen LogP contribution in [0.1, 0.15) is 31.0 Å². The van der Waals surface area contributed by atoms with E-state index in [1.165, 1.54) is 25.3 Å². The van der Waals surface area contributed by atoms with Crippen molar-refractivity contribution in [3.63, 3.8) is 0 Å². The summed E-state index contributed by atoms with van der Waals surface area (Å²) in [5, 5.41) is 11.5. The summed E-state index contributed by atoms with van der Waals surface area (Å²) in [5.41, 5.74) is 0.448. The number of rotatable bonds is 9. The predicted molar refractivity (Wildman–Crippen MR) is 140 cm³/mol. The monoisotopic (exact) mass is 557 g/mol. The van der Waals surface area contributed by atoms with E-state index in [0.717, 1.165) is 17.0 Å². The van der Waals surface area contributed by atoms with E-state index in [1.54, 1.807) is 43.3 Å². The molecule has 1 fully saturated rings. The average Bonchev–Trinajstić information content (AvgIpc) is 3.18. The zero-order valence-corrected chi connectivity index (χ0v) is 21.8. The second-order valence-electron chi connectivity index (χ2n) is 8.51. The van der Waals surface area contributed by atoms with Gasteiger partial charge in [0.1, 0.15) is 28.8 Å². The molecule has 11 heteroatoms. The molecule has 0 saturated carbocycles. The largest absolute Gasteiger partial charge is 0.573 e. The quantitative estimate of drug-likeness (QED) is 0.195. The van der Waals surface area contributed by atoms with Crippen molar-refractivity contribution in [2.75, 3.05) is 25.2 Å². The number of hydrogen-bond donors (Lipinski definition) is 1. The van der Waals surface area contributed by atoms with Crippen molar-refractivity contribution >= 4 is 23.1 Å². The minimum atomic E-state index is -4.90. The lowest BCUT2D eigenvalue weighted by molar-refractivity contribution is -0.274. The van der Waals surface area contributed by atoms with Crippen molar-refractivity contribution in [2.45, 2.75) is 26.3 Å². The zero-order chi connectivity index (χ0) is 29.0. The molecule has 0 radical (unpaired) electrons. The van der Waals surface area contributed by atoms with Crippen LogP contribution in [0, 0.1) is 0 Å². The van der Waals surface area contributed by atoms with Crippen LogP contribution >= 0.6 is 0 Å². The molecule has 1 N–H and O–H groups in total. The Kier molecular flexibility index (Phi) is 8.22. The maximum atomic E-state index is 13.5. The van der Waals surface area contributed by atoms with Gasteiger partial charge < -0.3 is 24.1 Å². The van der Waals surface area contributed by atoms with Gasteiger partial charge in [0.05, 0.1) is 37.5 Å². The normalized spacial score (nSPS) is 16.6. The van der Waals surface area contributed by atoms with E-state index in [2.05, 4.69) is 4.74 Å². The standard InChI is InChI=1S/C29H26F3NO7/c1-4-38-21-13-14-22(23(16-21)39-5-2)26(34)24-25(17-7-6-8-20(15-17)37-3)33(28(36)27(24)35)18-9-11-19(12-10-18)40-29(30,31)32/h6-16,25,34H,4-5H2,1-3H3/b26-24-. The van der Waals surface area contributed by atoms with Crippen LogP contribution in [0.4, 0.5) is 18.9 Å². The summed E-state index contributed by atoms with van der Waals surface area (Å²) in [5.74, 6) is -1.82. The fourth-order valence-corrected chi connectivity index (χ4v) is 4.41. The van der Waals surface area contributed by atoms with Gasteiger partial charge in [-0.15, -0.1) is 13.2 Å². The van der Waals surface area contributed by atoms with E-state index in [9.17, 15) is 27.9 Å². The molecular formula is C29H26F3NO7. The summed E-state index contributed by atoms with van der Waals surface area (Å²) in [6.07, 6.45) is -4.90. The van der Waals surface area contributed by atoms with E-state index < -0.39 is 35.6 Å². The van der Waals surface area contributed by atoms with Crippen molar-refractivity contribution in [3.8, 4) is 23.0 Å². The second-order valence-corrected chi connectivity index (χ2v) is 8.51. The Morgan fingerprint density at radius 3 is 2.20 bits per heavy atom. The van der Waals surface area contributed by atoms with Gasteiger partial charge in [-0.2, -0.15) is 0 Å². The van der Waals surface area contributed by atoms with Gasteiger partial charge in [-0.3, -0.25) is 14.5 Å². The van der Waals surface area contributed by atoms with E-state index >= 15 is 0 Å². The Balaban J connectivity index is 1.90. The van der Waals surface area contributed by atoms with Crippen LogP contribution in [-0.4, -0.2) is 43.5 Å². The Labute approximate surface area is 228 Å². The third kappa shape index (κ3) is 5.83. The Bertz CT molecular complexity index is 1430. The summed E-state index contributed by atoms with van der Waals surface area (Å²) in [7, 11) is 1.45. The molecular weight excluding hydrogens is 531 g/mol. The van der Waals surface area contributed by atoms with Crippen molar-refractivity contribution in [1.29, 1.82) is 0 Å². The number of nitrogens with zero attached hydrogens (tertiary/aromatic N) is 1. The maximum Gasteiger partial charge on any atom is 0.573 e. The van der Waals surface area contributed by atoms with Gasteiger partial charge in [0.25, 0.3) is 11.7 Å². The van der Waals surface area contributed by atoms with Gasteiger partial charge >= 0.3 is 6.36 Å². The van der Waals surface area contributed by atoms with Gasteiger partial charge in [-0.25, -0.2) is 0 Å². The fourth-order valence-electron chi connectivity index (χ4n) is 4.41. The number of amides is 1. The van der Waals surface area contributed by atoms with Crippen LogP contribution in [-0.2, 0) is 9.59 Å². The number of aliphatic hydroxyl groups is 1. The number of carbonyl (C=O) groups is 2. The molecule has 40 heavy (non-hydrogen) atoms. The molecule has 0 aromatic heterocycles. The van der Waals surface area contributed by atoms with E-state index in [4.69, 9.17) is 14.2 Å². The lowest BCUT2D eigenvalue weighted by Crippen LogP contribution is -2.29. The highest BCUT2D eigenvalue weighted by Crippen LogP contribution is 2.44. The molecule has 0 aliphatic carbocycles. The molecule has 210 valence electrons. The molecule has 3 aromatic rings. The molecule has 1 aliphatic rings. The van der Waals surface area contributed by atoms with Crippen molar-refractivity contribution in [1.82, 2.24) is 0 Å². The lowest BCUT2D eigenvalue weighted by Gasteiger charge is -2.26. The van der Waals surface area contributed by atoms with E-state index in [0.29, 0.717) is 23.7 Å². The average molecular weight is 558 g/mol. The number of alkyl halides is 3. The van der Waals surface area contributed by atoms with Crippen LogP contribution in [0.5, 0.6) is 23.0 Å². The molecule has 1 saturated heterocycles. The molecule has 1 atom stereocenters. The first-order valence-corrected chi connectivity index (χ1v) is 12.3. The molecule has 3 aromatic carbocycles. The Morgan fingerprint density at radius 2 is 1.57 bits per heavy atom. The van der Waals surface area contributed by atoms with Gasteiger partial charge in [0, 0.05) is 11.8 Å². The summed E-state index contributed by atoms with van der Waals surface area (Å²) < 4.78 is 58.5. The number of hydrogen-bond acceptors (Lipinski definition) is 7. The van der Waals surface area contributed by atoms with Crippen molar-refractivity contribution in [2.24, 2.45) is 0 Å². The molecule has 1 aliphatic heterocycles. The van der Waals surface area contributed by atoms with Gasteiger partial charge in [0.2, 0.25) is 0 Å². The number of methoxy groups -OCH3 is 1. The van der Waals surface area contributed by atoms with Crippen molar-refractivity contribution in [3.05, 3.63) is 83.4 Å². The Morgan fingerprint density at radius 1 is 0.900 bits per heavy atom. The van der Waals surface area contributed by atoms with E-state index in [1.807, 2.05) is 6.92 Å². The number of ketones is 1. The van der Waals surface area contributed by atoms with E-state index in [-0.39, 0.29) is 29.2 Å². The minimum Gasteiger partial charge on any atom is -0.507 e. The number of benzene rings is 3. The molecule has 0 bridgehead atoms. The topological polar surface area (TPSA) is 94.5 Å². The fraction of sp³-hybridized carbons (Fsp3) is 0.241. The van der Waals surface area contributed by atoms with Crippen LogP contribution in [0.15, 0.2) is 72.3 Å². The van der Waals surface area contributed by atoms with Crippen molar-refractivity contribution < 1.29 is 46.8 Å². The van der Waals surface area contributed by atoms with Gasteiger partial charge in [-0.05, 0) is 67.9 Å². The SMILES string of the molecule is CCOc1ccc(/C(O)=C2/C(=O)C(=O)N(c3ccc(OC(F)(F)F)cc3)C2c2cccc(OC)c2)c(OCC)c1. The lowest BCUT2D eigenvalue weighted by atomic mass is 9.94. The number of halogens is 3. The maximum absolute atomic E-state index is 13.5. The zero-order valence-electron chi connectivity index (χ0n) is 21.8. The molecule has 1 heterocycles.